The lowest BCUT2D eigenvalue weighted by Gasteiger charge is -2.28. The van der Waals surface area contributed by atoms with E-state index in [1.54, 1.807) is 0 Å². The highest BCUT2D eigenvalue weighted by molar-refractivity contribution is 6.60. The molecule has 0 aromatic heterocycles. The van der Waals surface area contributed by atoms with Gasteiger partial charge in [0.05, 0.1) is 5.41 Å². The number of carboxylic acid groups (broad SMARTS) is 1. The molecule has 0 aromatic rings. The van der Waals surface area contributed by atoms with Gasteiger partial charge in [0, 0.05) is 32.4 Å². The van der Waals surface area contributed by atoms with Gasteiger partial charge in [-0.25, -0.2) is 4.79 Å². The second kappa shape index (κ2) is 11.4. The lowest BCUT2D eigenvalue weighted by atomic mass is 9.95. The van der Waals surface area contributed by atoms with E-state index in [2.05, 4.69) is 5.32 Å². The Hall–Kier alpha value is -1.16. The number of ether oxygens (including phenoxy) is 1. The van der Waals surface area contributed by atoms with Crippen LogP contribution in [0.5, 0.6) is 0 Å². The number of hydrogen-bond acceptors (Lipinski definition) is 6. The Bertz CT molecular complexity index is 373. The van der Waals surface area contributed by atoms with Gasteiger partial charge in [0.25, 0.3) is 0 Å². The molecule has 142 valence electrons. The molecule has 1 amide bonds. The Morgan fingerprint density at radius 1 is 1.04 bits per heavy atom. The van der Waals surface area contributed by atoms with Gasteiger partial charge in [-0.1, -0.05) is 0 Å². The van der Waals surface area contributed by atoms with Gasteiger partial charge in [-0.05, 0) is 41.0 Å². The van der Waals surface area contributed by atoms with Gasteiger partial charge >= 0.3 is 20.9 Å². The number of alkyl carbamates (subject to hydrolysis) is 1. The van der Waals surface area contributed by atoms with Crippen molar-refractivity contribution in [2.24, 2.45) is 5.41 Å². The third-order valence-corrected chi connectivity index (χ3v) is 6.32. The lowest BCUT2D eigenvalue weighted by molar-refractivity contribution is -0.149. The van der Waals surface area contributed by atoms with Crippen LogP contribution in [-0.4, -0.2) is 58.9 Å². The highest BCUT2D eigenvalue weighted by Gasteiger charge is 2.39. The average molecular weight is 365 g/mol. The topological polar surface area (TPSA) is 103 Å². The minimum atomic E-state index is -2.70. The van der Waals surface area contributed by atoms with E-state index < -0.39 is 26.3 Å². The van der Waals surface area contributed by atoms with Crippen molar-refractivity contribution in [3.05, 3.63) is 0 Å². The summed E-state index contributed by atoms with van der Waals surface area (Å²) in [5, 5.41) is 11.6. The summed E-state index contributed by atoms with van der Waals surface area (Å²) >= 11 is 0. The number of rotatable bonds is 13. The SMILES string of the molecule is CCO[Si](CCCNC(=O)OCC(C)(C)C(=O)O)(OCC)OCC. The number of carbonyl (C=O) groups is 2. The minimum Gasteiger partial charge on any atom is -0.481 e. The molecule has 0 radical (unpaired) electrons. The smallest absolute Gasteiger partial charge is 0.481 e. The zero-order valence-corrected chi connectivity index (χ0v) is 16.3. The van der Waals surface area contributed by atoms with Crippen LogP contribution in [0.2, 0.25) is 6.04 Å². The monoisotopic (exact) mass is 365 g/mol. The van der Waals surface area contributed by atoms with E-state index in [0.29, 0.717) is 38.8 Å². The van der Waals surface area contributed by atoms with Crippen LogP contribution in [0.3, 0.4) is 0 Å². The van der Waals surface area contributed by atoms with E-state index in [-0.39, 0.29) is 6.61 Å². The predicted molar refractivity (Wildman–Crippen MR) is 90.8 cm³/mol. The van der Waals surface area contributed by atoms with Crippen molar-refractivity contribution in [1.29, 1.82) is 0 Å². The number of carbonyl (C=O) groups excluding carboxylic acids is 1. The van der Waals surface area contributed by atoms with Crippen molar-refractivity contribution in [3.8, 4) is 0 Å². The van der Waals surface area contributed by atoms with Gasteiger partial charge in [-0.2, -0.15) is 0 Å². The van der Waals surface area contributed by atoms with Crippen molar-refractivity contribution in [1.82, 2.24) is 5.32 Å². The fourth-order valence-electron chi connectivity index (χ4n) is 1.86. The highest BCUT2D eigenvalue weighted by atomic mass is 28.4. The quantitative estimate of drug-likeness (QED) is 0.381. The Morgan fingerprint density at radius 2 is 1.54 bits per heavy atom. The molecular formula is C15H31NO7Si. The van der Waals surface area contributed by atoms with Crippen LogP contribution in [0.1, 0.15) is 41.0 Å². The molecule has 0 saturated carbocycles. The molecule has 8 nitrogen and oxygen atoms in total. The molecule has 0 atom stereocenters. The molecule has 0 bridgehead atoms. The second-order valence-corrected chi connectivity index (χ2v) is 8.51. The number of nitrogens with one attached hydrogen (secondary N) is 1. The van der Waals surface area contributed by atoms with E-state index >= 15 is 0 Å². The molecule has 0 aromatic carbocycles. The summed E-state index contributed by atoms with van der Waals surface area (Å²) < 4.78 is 22.1. The predicted octanol–water partition coefficient (Wildman–Crippen LogP) is 2.26. The number of aliphatic carboxylic acids is 1. The summed E-state index contributed by atoms with van der Waals surface area (Å²) in [6.45, 7) is 10.4. The molecule has 9 heteroatoms. The first-order chi connectivity index (χ1) is 11.2. The molecule has 0 aliphatic rings. The summed E-state index contributed by atoms with van der Waals surface area (Å²) in [6.07, 6.45) is -0.0234. The lowest BCUT2D eigenvalue weighted by Crippen LogP contribution is -2.46. The van der Waals surface area contributed by atoms with Crippen LogP contribution in [0.4, 0.5) is 4.79 Å². The molecule has 0 unspecified atom stereocenters. The molecule has 0 heterocycles. The molecule has 0 saturated heterocycles. The van der Waals surface area contributed by atoms with Gasteiger partial charge in [-0.3, -0.25) is 4.79 Å². The van der Waals surface area contributed by atoms with Crippen molar-refractivity contribution in [2.75, 3.05) is 33.0 Å². The van der Waals surface area contributed by atoms with Crippen LogP contribution >= 0.6 is 0 Å². The molecule has 0 fully saturated rings. The van der Waals surface area contributed by atoms with Crippen LogP contribution in [0.25, 0.3) is 0 Å². The number of carboxylic acids is 1. The first kappa shape index (κ1) is 22.8. The second-order valence-electron chi connectivity index (χ2n) is 5.78. The van der Waals surface area contributed by atoms with E-state index in [9.17, 15) is 9.59 Å². The minimum absolute atomic E-state index is 0.191. The molecule has 0 spiro atoms. The maximum absolute atomic E-state index is 11.6. The van der Waals surface area contributed by atoms with Gasteiger partial charge in [0.15, 0.2) is 0 Å². The Morgan fingerprint density at radius 3 is 1.96 bits per heavy atom. The van der Waals surface area contributed by atoms with E-state index in [1.165, 1.54) is 13.8 Å². The third-order valence-electron chi connectivity index (χ3n) is 3.16. The summed E-state index contributed by atoms with van der Waals surface area (Å²) in [6, 6.07) is 0.587. The first-order valence-electron chi connectivity index (χ1n) is 8.29. The van der Waals surface area contributed by atoms with Gasteiger partial charge in [0.1, 0.15) is 6.61 Å². The van der Waals surface area contributed by atoms with Crippen molar-refractivity contribution in [3.63, 3.8) is 0 Å². The van der Waals surface area contributed by atoms with E-state index in [4.69, 9.17) is 23.1 Å². The summed E-state index contributed by atoms with van der Waals surface area (Å²) in [4.78, 5) is 22.5. The summed E-state index contributed by atoms with van der Waals surface area (Å²) in [5.41, 5.74) is -1.11. The summed E-state index contributed by atoms with van der Waals surface area (Å²) in [7, 11) is -2.70. The zero-order valence-electron chi connectivity index (χ0n) is 15.3. The molecule has 2 N–H and O–H groups in total. The van der Waals surface area contributed by atoms with Crippen molar-refractivity contribution >= 4 is 20.9 Å². The maximum atomic E-state index is 11.6. The van der Waals surface area contributed by atoms with Gasteiger partial charge in [-0.15, -0.1) is 0 Å². The maximum Gasteiger partial charge on any atom is 0.500 e. The third kappa shape index (κ3) is 8.62. The molecule has 0 aliphatic carbocycles. The van der Waals surface area contributed by atoms with Gasteiger partial charge < -0.3 is 28.4 Å². The van der Waals surface area contributed by atoms with E-state index in [1.807, 2.05) is 20.8 Å². The number of amides is 1. The van der Waals surface area contributed by atoms with Crippen molar-refractivity contribution < 1.29 is 32.7 Å². The Labute approximate surface area is 145 Å². The van der Waals surface area contributed by atoms with Crippen LogP contribution < -0.4 is 5.32 Å². The van der Waals surface area contributed by atoms with Crippen LogP contribution in [0, 0.1) is 5.41 Å². The molecule has 0 rings (SSSR count). The van der Waals surface area contributed by atoms with Crippen LogP contribution in [-0.2, 0) is 22.8 Å². The first-order valence-corrected chi connectivity index (χ1v) is 10.2. The number of hydrogen-bond donors (Lipinski definition) is 2. The normalized spacial score (nSPS) is 12.0. The molecular weight excluding hydrogens is 334 g/mol. The van der Waals surface area contributed by atoms with E-state index in [0.717, 1.165) is 0 Å². The largest absolute Gasteiger partial charge is 0.500 e. The molecule has 0 aliphatic heterocycles. The fraction of sp³-hybridized carbons (Fsp3) is 0.867. The standard InChI is InChI=1S/C15H31NO7Si/c1-6-21-24(22-7-2,23-8-3)11-9-10-16-14(19)20-12-15(4,5)13(17)18/h6-12H2,1-5H3,(H,16,19)(H,17,18). The Balaban J connectivity index is 4.24. The fourth-order valence-corrected chi connectivity index (χ4v) is 4.47. The zero-order chi connectivity index (χ0) is 18.6. The van der Waals surface area contributed by atoms with Crippen LogP contribution in [0.15, 0.2) is 0 Å². The highest BCUT2D eigenvalue weighted by Crippen LogP contribution is 2.18. The average Bonchev–Trinajstić information content (AvgIpc) is 2.50. The Kier molecular flexibility index (Phi) is 10.8. The molecule has 24 heavy (non-hydrogen) atoms. The van der Waals surface area contributed by atoms with Gasteiger partial charge in [0.2, 0.25) is 0 Å². The summed E-state index contributed by atoms with van der Waals surface area (Å²) in [5.74, 6) is -1.02. The van der Waals surface area contributed by atoms with Crippen molar-refractivity contribution in [2.45, 2.75) is 47.1 Å².